The minimum Gasteiger partial charge on any atom is -0.444 e. The Kier molecular flexibility index (Phi) is 5.11. The number of carbonyl (C=O) groups excluding carboxylic acids is 2. The molecule has 2 heterocycles. The summed E-state index contributed by atoms with van der Waals surface area (Å²) in [7, 11) is 0. The molecule has 0 spiro atoms. The van der Waals surface area contributed by atoms with Crippen molar-refractivity contribution in [1.29, 1.82) is 0 Å². The fourth-order valence-corrected chi connectivity index (χ4v) is 3.12. The Morgan fingerprint density at radius 2 is 2.09 bits per heavy atom. The molecule has 1 fully saturated rings. The first kappa shape index (κ1) is 16.8. The van der Waals surface area contributed by atoms with Gasteiger partial charge in [0.2, 0.25) is 5.91 Å². The van der Waals surface area contributed by atoms with Gasteiger partial charge in [-0.15, -0.1) is 11.3 Å². The van der Waals surface area contributed by atoms with E-state index < -0.39 is 5.60 Å². The Bertz CT molecular complexity index is 542. The van der Waals surface area contributed by atoms with Gasteiger partial charge < -0.3 is 15.0 Å². The number of ether oxygens (including phenoxy) is 1. The minimum absolute atomic E-state index is 0.0432. The summed E-state index contributed by atoms with van der Waals surface area (Å²) in [6.45, 7) is 9.38. The molecule has 0 aromatic carbocycles. The van der Waals surface area contributed by atoms with Crippen molar-refractivity contribution < 1.29 is 14.3 Å². The minimum atomic E-state index is -0.474. The van der Waals surface area contributed by atoms with Crippen LogP contribution < -0.4 is 5.32 Å². The Balaban J connectivity index is 1.66. The van der Waals surface area contributed by atoms with Gasteiger partial charge in [0.25, 0.3) is 0 Å². The van der Waals surface area contributed by atoms with Crippen molar-refractivity contribution in [3.63, 3.8) is 0 Å². The van der Waals surface area contributed by atoms with Crippen LogP contribution in [0.1, 0.15) is 37.6 Å². The van der Waals surface area contributed by atoms with Crippen LogP contribution in [-0.2, 0) is 16.1 Å². The summed E-state index contributed by atoms with van der Waals surface area (Å²) in [4.78, 5) is 26.5. The summed E-state index contributed by atoms with van der Waals surface area (Å²) in [5, 5.41) is 4.97. The van der Waals surface area contributed by atoms with Crippen molar-refractivity contribution in [2.75, 3.05) is 13.1 Å². The monoisotopic (exact) mass is 324 g/mol. The van der Waals surface area contributed by atoms with Crippen molar-refractivity contribution in [2.24, 2.45) is 5.92 Å². The summed E-state index contributed by atoms with van der Waals surface area (Å²) in [6, 6.07) is 2.05. The quantitative estimate of drug-likeness (QED) is 0.926. The number of hydrogen-bond acceptors (Lipinski definition) is 4. The van der Waals surface area contributed by atoms with E-state index in [0.717, 1.165) is 0 Å². The summed E-state index contributed by atoms with van der Waals surface area (Å²) in [5.41, 5.74) is 0.739. The van der Waals surface area contributed by atoms with Gasteiger partial charge in [0.05, 0.1) is 6.54 Å². The highest BCUT2D eigenvalue weighted by Gasteiger charge is 2.34. The van der Waals surface area contributed by atoms with Crippen LogP contribution in [0.3, 0.4) is 0 Å². The van der Waals surface area contributed by atoms with Crippen LogP contribution >= 0.6 is 11.3 Å². The van der Waals surface area contributed by atoms with Crippen molar-refractivity contribution in [2.45, 2.75) is 46.3 Å². The van der Waals surface area contributed by atoms with Crippen LogP contribution in [0.15, 0.2) is 11.4 Å². The van der Waals surface area contributed by atoms with E-state index in [9.17, 15) is 9.59 Å². The molecule has 1 N–H and O–H groups in total. The molecule has 2 rings (SSSR count). The van der Waals surface area contributed by atoms with E-state index in [2.05, 4.69) is 11.4 Å². The first-order valence-corrected chi connectivity index (χ1v) is 8.40. The van der Waals surface area contributed by atoms with Crippen LogP contribution in [0.5, 0.6) is 0 Å². The number of likely N-dealkylation sites (tertiary alicyclic amines) is 1. The molecule has 1 aliphatic rings. The van der Waals surface area contributed by atoms with Gasteiger partial charge in [-0.05, 0) is 44.7 Å². The van der Waals surface area contributed by atoms with E-state index in [0.29, 0.717) is 26.1 Å². The molecule has 0 bridgehead atoms. The number of rotatable bonds is 4. The summed E-state index contributed by atoms with van der Waals surface area (Å²) >= 11 is 1.66. The van der Waals surface area contributed by atoms with E-state index in [1.54, 1.807) is 16.2 Å². The van der Waals surface area contributed by atoms with E-state index in [4.69, 9.17) is 4.74 Å². The second-order valence-electron chi connectivity index (χ2n) is 6.76. The molecule has 5 nitrogen and oxygen atoms in total. The predicted octanol–water partition coefficient (Wildman–Crippen LogP) is 2.93. The number of carbonyl (C=O) groups is 2. The molecule has 0 atom stereocenters. The van der Waals surface area contributed by atoms with Crippen LogP contribution in [0, 0.1) is 12.8 Å². The number of hydrogen-bond donors (Lipinski definition) is 1. The van der Waals surface area contributed by atoms with Crippen LogP contribution in [-0.4, -0.2) is 35.6 Å². The maximum Gasteiger partial charge on any atom is 0.410 e. The lowest BCUT2D eigenvalue weighted by Crippen LogP contribution is -2.52. The fraction of sp³-hybridized carbons (Fsp3) is 0.625. The first-order valence-electron chi connectivity index (χ1n) is 7.52. The Hall–Kier alpha value is -1.56. The van der Waals surface area contributed by atoms with Gasteiger partial charge in [0, 0.05) is 30.3 Å². The molecule has 0 unspecified atom stereocenters. The molecule has 0 radical (unpaired) electrons. The molecule has 0 saturated carbocycles. The second-order valence-corrected chi connectivity index (χ2v) is 7.76. The second kappa shape index (κ2) is 6.69. The van der Waals surface area contributed by atoms with Crippen molar-refractivity contribution in [3.8, 4) is 0 Å². The molecule has 1 aromatic rings. The Morgan fingerprint density at radius 3 is 2.64 bits per heavy atom. The third-order valence-corrected chi connectivity index (χ3v) is 4.52. The average Bonchev–Trinajstić information content (AvgIpc) is 2.74. The highest BCUT2D eigenvalue weighted by molar-refractivity contribution is 7.10. The van der Waals surface area contributed by atoms with E-state index in [1.165, 1.54) is 10.4 Å². The number of nitrogens with one attached hydrogen (secondary N) is 1. The highest BCUT2D eigenvalue weighted by Crippen LogP contribution is 2.22. The Morgan fingerprint density at radius 1 is 1.41 bits per heavy atom. The SMILES string of the molecule is Cc1ccsc1CNC(=O)CC1CN(C(=O)OC(C)(C)C)C1. The smallest absolute Gasteiger partial charge is 0.410 e. The van der Waals surface area contributed by atoms with Gasteiger partial charge in [0.15, 0.2) is 0 Å². The van der Waals surface area contributed by atoms with E-state index >= 15 is 0 Å². The molecule has 122 valence electrons. The average molecular weight is 324 g/mol. The molecular formula is C16H24N2O3S. The highest BCUT2D eigenvalue weighted by atomic mass is 32.1. The lowest BCUT2D eigenvalue weighted by molar-refractivity contribution is -0.123. The summed E-state index contributed by atoms with van der Waals surface area (Å²) in [5.74, 6) is 0.276. The maximum absolute atomic E-state index is 11.9. The lowest BCUT2D eigenvalue weighted by atomic mass is 9.96. The van der Waals surface area contributed by atoms with E-state index in [1.807, 2.05) is 33.1 Å². The van der Waals surface area contributed by atoms with E-state index in [-0.39, 0.29) is 17.9 Å². The van der Waals surface area contributed by atoms with Crippen LogP contribution in [0.25, 0.3) is 0 Å². The predicted molar refractivity (Wildman–Crippen MR) is 86.8 cm³/mol. The van der Waals surface area contributed by atoms with Gasteiger partial charge in [-0.1, -0.05) is 0 Å². The number of amides is 2. The van der Waals surface area contributed by atoms with Crippen molar-refractivity contribution in [3.05, 3.63) is 21.9 Å². The van der Waals surface area contributed by atoms with Gasteiger partial charge in [-0.3, -0.25) is 4.79 Å². The van der Waals surface area contributed by atoms with Crippen molar-refractivity contribution >= 4 is 23.3 Å². The Labute approximate surface area is 135 Å². The lowest BCUT2D eigenvalue weighted by Gasteiger charge is -2.39. The largest absolute Gasteiger partial charge is 0.444 e. The van der Waals surface area contributed by atoms with Gasteiger partial charge >= 0.3 is 6.09 Å². The zero-order chi connectivity index (χ0) is 16.3. The van der Waals surface area contributed by atoms with Crippen LogP contribution in [0.2, 0.25) is 0 Å². The molecule has 1 saturated heterocycles. The maximum atomic E-state index is 11.9. The molecule has 2 amide bonds. The molecule has 1 aromatic heterocycles. The molecule has 6 heteroatoms. The topological polar surface area (TPSA) is 58.6 Å². The zero-order valence-corrected chi connectivity index (χ0v) is 14.5. The molecule has 1 aliphatic heterocycles. The number of aryl methyl sites for hydroxylation is 1. The third-order valence-electron chi connectivity index (χ3n) is 3.50. The van der Waals surface area contributed by atoms with Gasteiger partial charge in [-0.25, -0.2) is 4.79 Å². The number of thiophene rings is 1. The third kappa shape index (κ3) is 4.73. The standard InChI is InChI=1S/C16H24N2O3S/c1-11-5-6-22-13(11)8-17-14(19)7-12-9-18(10-12)15(20)21-16(2,3)4/h5-6,12H,7-10H2,1-4H3,(H,17,19). The number of nitrogens with zero attached hydrogens (tertiary/aromatic N) is 1. The van der Waals surface area contributed by atoms with Crippen molar-refractivity contribution in [1.82, 2.24) is 10.2 Å². The molecule has 0 aliphatic carbocycles. The van der Waals surface area contributed by atoms with Gasteiger partial charge in [0.1, 0.15) is 5.60 Å². The fourth-order valence-electron chi connectivity index (χ4n) is 2.27. The first-order chi connectivity index (χ1) is 10.2. The normalized spacial score (nSPS) is 15.4. The van der Waals surface area contributed by atoms with Gasteiger partial charge in [-0.2, -0.15) is 0 Å². The van der Waals surface area contributed by atoms with Crippen LogP contribution in [0.4, 0.5) is 4.79 Å². The summed E-state index contributed by atoms with van der Waals surface area (Å²) in [6.07, 6.45) is 0.169. The molecule has 22 heavy (non-hydrogen) atoms. The molecular weight excluding hydrogens is 300 g/mol. The zero-order valence-electron chi connectivity index (χ0n) is 13.6. The summed E-state index contributed by atoms with van der Waals surface area (Å²) < 4.78 is 5.29.